The highest BCUT2D eigenvalue weighted by Gasteiger charge is 2.12. The summed E-state index contributed by atoms with van der Waals surface area (Å²) in [5.41, 5.74) is 0.270. The molecule has 5 nitrogen and oxygen atoms in total. The molecule has 0 heterocycles. The van der Waals surface area contributed by atoms with Crippen LogP contribution >= 0.6 is 0 Å². The highest BCUT2D eigenvalue weighted by Crippen LogP contribution is 2.11. The summed E-state index contributed by atoms with van der Waals surface area (Å²) in [6.45, 7) is 2.11. The molecule has 0 aliphatic heterocycles. The molecule has 0 bridgehead atoms. The quantitative estimate of drug-likeness (QED) is 0.816. The molecule has 0 aliphatic rings. The van der Waals surface area contributed by atoms with Crippen LogP contribution in [0.15, 0.2) is 29.2 Å². The molecule has 0 aliphatic carbocycles. The van der Waals surface area contributed by atoms with E-state index in [1.807, 2.05) is 6.92 Å². The Hall–Kier alpha value is -1.40. The molecule has 0 saturated heterocycles. The third-order valence-corrected chi connectivity index (χ3v) is 3.75. The average Bonchev–Trinajstić information content (AvgIpc) is 2.35. The van der Waals surface area contributed by atoms with E-state index >= 15 is 0 Å². The first-order valence-electron chi connectivity index (χ1n) is 6.11. The smallest absolute Gasteiger partial charge is 0.251 e. The number of rotatable bonds is 6. The van der Waals surface area contributed by atoms with E-state index in [9.17, 15) is 18.3 Å². The number of aliphatic hydroxyl groups excluding tert-OH is 1. The first-order valence-corrected chi connectivity index (χ1v) is 8.00. The second kappa shape index (κ2) is 6.68. The van der Waals surface area contributed by atoms with E-state index in [0.717, 1.165) is 12.7 Å². The van der Waals surface area contributed by atoms with Gasteiger partial charge < -0.3 is 10.4 Å². The molecule has 0 aromatic heterocycles. The molecule has 0 radical (unpaired) electrons. The second-order valence-electron chi connectivity index (χ2n) is 4.45. The maximum Gasteiger partial charge on any atom is 0.251 e. The van der Waals surface area contributed by atoms with Gasteiger partial charge in [-0.1, -0.05) is 19.4 Å². The largest absolute Gasteiger partial charge is 0.391 e. The molecular formula is C13H19NO4S. The van der Waals surface area contributed by atoms with E-state index in [1.54, 1.807) is 0 Å². The van der Waals surface area contributed by atoms with Crippen molar-refractivity contribution in [2.75, 3.05) is 12.8 Å². The van der Waals surface area contributed by atoms with Crippen LogP contribution in [0.5, 0.6) is 0 Å². The summed E-state index contributed by atoms with van der Waals surface area (Å²) in [6.07, 6.45) is 1.96. The lowest BCUT2D eigenvalue weighted by atomic mass is 10.2. The Morgan fingerprint density at radius 1 is 1.42 bits per heavy atom. The van der Waals surface area contributed by atoms with Gasteiger partial charge in [-0.05, 0) is 24.6 Å². The van der Waals surface area contributed by atoms with E-state index in [4.69, 9.17) is 0 Å². The van der Waals surface area contributed by atoms with E-state index < -0.39 is 15.9 Å². The van der Waals surface area contributed by atoms with Gasteiger partial charge in [-0.25, -0.2) is 8.42 Å². The lowest BCUT2D eigenvalue weighted by Gasteiger charge is -2.11. The van der Waals surface area contributed by atoms with Crippen molar-refractivity contribution in [2.24, 2.45) is 0 Å². The van der Waals surface area contributed by atoms with E-state index in [-0.39, 0.29) is 22.9 Å². The fourth-order valence-electron chi connectivity index (χ4n) is 1.62. The van der Waals surface area contributed by atoms with Crippen molar-refractivity contribution >= 4 is 15.7 Å². The number of amides is 1. The molecule has 1 amide bonds. The summed E-state index contributed by atoms with van der Waals surface area (Å²) in [4.78, 5) is 11.9. The number of nitrogens with one attached hydrogen (secondary N) is 1. The van der Waals surface area contributed by atoms with Crippen LogP contribution < -0.4 is 5.32 Å². The number of carbonyl (C=O) groups is 1. The first kappa shape index (κ1) is 15.7. The van der Waals surface area contributed by atoms with Crippen molar-refractivity contribution in [3.8, 4) is 0 Å². The Morgan fingerprint density at radius 3 is 2.68 bits per heavy atom. The maximum atomic E-state index is 11.8. The fourth-order valence-corrected chi connectivity index (χ4v) is 2.28. The zero-order chi connectivity index (χ0) is 14.5. The van der Waals surface area contributed by atoms with Gasteiger partial charge in [-0.15, -0.1) is 0 Å². The zero-order valence-electron chi connectivity index (χ0n) is 11.1. The van der Waals surface area contributed by atoms with Crippen molar-refractivity contribution in [1.82, 2.24) is 5.32 Å². The molecule has 0 saturated carbocycles. The number of benzene rings is 1. The van der Waals surface area contributed by atoms with Crippen LogP contribution in [-0.4, -0.2) is 38.3 Å². The van der Waals surface area contributed by atoms with Gasteiger partial charge in [0.15, 0.2) is 9.84 Å². The Balaban J connectivity index is 2.73. The molecule has 106 valence electrons. The van der Waals surface area contributed by atoms with Crippen LogP contribution in [0.1, 0.15) is 30.1 Å². The summed E-state index contributed by atoms with van der Waals surface area (Å²) in [5, 5.41) is 12.1. The van der Waals surface area contributed by atoms with Gasteiger partial charge in [-0.2, -0.15) is 0 Å². The number of sulfone groups is 1. The molecule has 19 heavy (non-hydrogen) atoms. The average molecular weight is 285 g/mol. The van der Waals surface area contributed by atoms with Crippen molar-refractivity contribution in [1.29, 1.82) is 0 Å². The number of carbonyl (C=O) groups excluding carboxylic acids is 1. The Kier molecular flexibility index (Phi) is 5.50. The maximum absolute atomic E-state index is 11.8. The molecule has 1 unspecified atom stereocenters. The van der Waals surface area contributed by atoms with Crippen molar-refractivity contribution in [3.63, 3.8) is 0 Å². The predicted molar refractivity (Wildman–Crippen MR) is 72.8 cm³/mol. The fraction of sp³-hybridized carbons (Fsp3) is 0.462. The van der Waals surface area contributed by atoms with Gasteiger partial charge in [0.1, 0.15) is 0 Å². The first-order chi connectivity index (χ1) is 8.84. The molecule has 0 spiro atoms. The monoisotopic (exact) mass is 285 g/mol. The van der Waals surface area contributed by atoms with E-state index in [2.05, 4.69) is 5.32 Å². The lowest BCUT2D eigenvalue weighted by Crippen LogP contribution is -2.32. The molecule has 1 aromatic rings. The highest BCUT2D eigenvalue weighted by molar-refractivity contribution is 7.90. The molecular weight excluding hydrogens is 266 g/mol. The van der Waals surface area contributed by atoms with Crippen molar-refractivity contribution in [3.05, 3.63) is 29.8 Å². The Bertz CT molecular complexity index is 539. The molecule has 2 N–H and O–H groups in total. The minimum atomic E-state index is -3.33. The standard InChI is InChI=1S/C13H19NO4S/c1-3-5-11(15)9-14-13(16)10-6-4-7-12(8-10)19(2,17)18/h4,6-8,11,15H,3,5,9H2,1-2H3,(H,14,16). The highest BCUT2D eigenvalue weighted by atomic mass is 32.2. The van der Waals surface area contributed by atoms with Crippen LogP contribution in [-0.2, 0) is 9.84 Å². The topological polar surface area (TPSA) is 83.5 Å². The molecule has 1 rings (SSSR count). The van der Waals surface area contributed by atoms with E-state index in [0.29, 0.717) is 6.42 Å². The van der Waals surface area contributed by atoms with Crippen molar-refractivity contribution < 1.29 is 18.3 Å². The molecule has 1 aromatic carbocycles. The number of hydrogen-bond donors (Lipinski definition) is 2. The predicted octanol–water partition coefficient (Wildman–Crippen LogP) is 0.981. The summed E-state index contributed by atoms with van der Waals surface area (Å²) in [7, 11) is -3.33. The van der Waals surface area contributed by atoms with Crippen LogP contribution in [0, 0.1) is 0 Å². The van der Waals surface area contributed by atoms with Gasteiger partial charge >= 0.3 is 0 Å². The van der Waals surface area contributed by atoms with Gasteiger partial charge in [-0.3, -0.25) is 4.79 Å². The number of aliphatic hydroxyl groups is 1. The second-order valence-corrected chi connectivity index (χ2v) is 6.47. The van der Waals surface area contributed by atoms with Gasteiger partial charge in [0, 0.05) is 18.4 Å². The van der Waals surface area contributed by atoms with Crippen LogP contribution in [0.3, 0.4) is 0 Å². The summed E-state index contributed by atoms with van der Waals surface area (Å²) >= 11 is 0. The normalized spacial score (nSPS) is 13.0. The van der Waals surface area contributed by atoms with Crippen LogP contribution in [0.2, 0.25) is 0 Å². The van der Waals surface area contributed by atoms with Gasteiger partial charge in [0.05, 0.1) is 11.0 Å². The van der Waals surface area contributed by atoms with Crippen LogP contribution in [0.4, 0.5) is 0 Å². The minimum absolute atomic E-state index is 0.106. The number of hydrogen-bond acceptors (Lipinski definition) is 4. The third kappa shape index (κ3) is 5.00. The van der Waals surface area contributed by atoms with E-state index in [1.165, 1.54) is 24.3 Å². The molecule has 0 fully saturated rings. The minimum Gasteiger partial charge on any atom is -0.391 e. The third-order valence-electron chi connectivity index (χ3n) is 2.64. The Morgan fingerprint density at radius 2 is 2.11 bits per heavy atom. The molecule has 1 atom stereocenters. The summed E-state index contributed by atoms with van der Waals surface area (Å²) < 4.78 is 22.8. The summed E-state index contributed by atoms with van der Waals surface area (Å²) in [6, 6.07) is 5.83. The lowest BCUT2D eigenvalue weighted by molar-refractivity contribution is 0.0910. The SMILES string of the molecule is CCCC(O)CNC(=O)c1cccc(S(C)(=O)=O)c1. The Labute approximate surface area is 113 Å². The van der Waals surface area contributed by atoms with Crippen molar-refractivity contribution in [2.45, 2.75) is 30.8 Å². The van der Waals surface area contributed by atoms with Gasteiger partial charge in [0.25, 0.3) is 5.91 Å². The molecule has 6 heteroatoms. The van der Waals surface area contributed by atoms with Gasteiger partial charge in [0.2, 0.25) is 0 Å². The van der Waals surface area contributed by atoms with Crippen LogP contribution in [0.25, 0.3) is 0 Å². The summed E-state index contributed by atoms with van der Waals surface area (Å²) in [5.74, 6) is -0.388. The zero-order valence-corrected chi connectivity index (χ0v) is 11.9.